The second kappa shape index (κ2) is 8.12. The number of aryl methyl sites for hydroxylation is 2. The predicted octanol–water partition coefficient (Wildman–Crippen LogP) is 4.96. The SMILES string of the molecule is CCc1ccc2nc(NC(=O)CCCOc3ccccc3C)sc2c1. The maximum Gasteiger partial charge on any atom is 0.226 e. The van der Waals surface area contributed by atoms with Gasteiger partial charge in [0.15, 0.2) is 5.13 Å². The van der Waals surface area contributed by atoms with E-state index in [4.69, 9.17) is 4.74 Å². The zero-order valence-electron chi connectivity index (χ0n) is 14.5. The van der Waals surface area contributed by atoms with Crippen molar-refractivity contribution in [3.05, 3.63) is 53.6 Å². The van der Waals surface area contributed by atoms with Crippen LogP contribution in [0, 0.1) is 6.92 Å². The number of nitrogens with one attached hydrogen (secondary N) is 1. The van der Waals surface area contributed by atoms with Crippen LogP contribution in [-0.4, -0.2) is 17.5 Å². The van der Waals surface area contributed by atoms with E-state index in [1.807, 2.05) is 37.3 Å². The van der Waals surface area contributed by atoms with Crippen LogP contribution < -0.4 is 10.1 Å². The Hall–Kier alpha value is -2.40. The van der Waals surface area contributed by atoms with Gasteiger partial charge < -0.3 is 10.1 Å². The Kier molecular flexibility index (Phi) is 5.66. The highest BCUT2D eigenvalue weighted by Crippen LogP contribution is 2.27. The standard InChI is InChI=1S/C20H22N2O2S/c1-3-15-10-11-16-18(13-15)25-20(21-16)22-19(23)9-6-12-24-17-8-5-4-7-14(17)2/h4-5,7-8,10-11,13H,3,6,9,12H2,1-2H3,(H,21,22,23). The number of hydrogen-bond donors (Lipinski definition) is 1. The zero-order chi connectivity index (χ0) is 17.6. The monoisotopic (exact) mass is 354 g/mol. The first-order valence-corrected chi connectivity index (χ1v) is 9.35. The molecule has 1 N–H and O–H groups in total. The van der Waals surface area contributed by atoms with Crippen LogP contribution in [0.4, 0.5) is 5.13 Å². The van der Waals surface area contributed by atoms with Crippen LogP contribution in [0.1, 0.15) is 30.9 Å². The highest BCUT2D eigenvalue weighted by Gasteiger charge is 2.08. The van der Waals surface area contributed by atoms with Gasteiger partial charge >= 0.3 is 0 Å². The Labute approximate surface area is 151 Å². The first kappa shape index (κ1) is 17.4. The zero-order valence-corrected chi connectivity index (χ0v) is 15.4. The van der Waals surface area contributed by atoms with E-state index in [1.165, 1.54) is 16.9 Å². The lowest BCUT2D eigenvalue weighted by Gasteiger charge is -2.08. The number of hydrogen-bond acceptors (Lipinski definition) is 4. The van der Waals surface area contributed by atoms with Crippen LogP contribution in [0.2, 0.25) is 0 Å². The van der Waals surface area contributed by atoms with Gasteiger partial charge in [-0.3, -0.25) is 4.79 Å². The van der Waals surface area contributed by atoms with Gasteiger partial charge in [0, 0.05) is 6.42 Å². The average Bonchev–Trinajstić information content (AvgIpc) is 3.01. The third-order valence-electron chi connectivity index (χ3n) is 4.01. The number of nitrogens with zero attached hydrogens (tertiary/aromatic N) is 1. The van der Waals surface area contributed by atoms with Crippen LogP contribution in [0.15, 0.2) is 42.5 Å². The summed E-state index contributed by atoms with van der Waals surface area (Å²) in [5.41, 5.74) is 3.32. The van der Waals surface area contributed by atoms with Crippen LogP contribution in [0.25, 0.3) is 10.2 Å². The Morgan fingerprint density at radius 3 is 2.88 bits per heavy atom. The van der Waals surface area contributed by atoms with E-state index in [2.05, 4.69) is 29.4 Å². The van der Waals surface area contributed by atoms with Crippen molar-refractivity contribution in [2.24, 2.45) is 0 Å². The van der Waals surface area contributed by atoms with Crippen LogP contribution >= 0.6 is 11.3 Å². The second-order valence-electron chi connectivity index (χ2n) is 5.94. The number of rotatable bonds is 7. The van der Waals surface area contributed by atoms with Crippen LogP contribution in [0.5, 0.6) is 5.75 Å². The molecular weight excluding hydrogens is 332 g/mol. The van der Waals surface area contributed by atoms with E-state index in [0.717, 1.165) is 28.0 Å². The van der Waals surface area contributed by atoms with Gasteiger partial charge in [0.1, 0.15) is 5.75 Å². The van der Waals surface area contributed by atoms with Crippen LogP contribution in [-0.2, 0) is 11.2 Å². The summed E-state index contributed by atoms with van der Waals surface area (Å²) in [6.45, 7) is 4.67. The minimum absolute atomic E-state index is 0.0249. The lowest BCUT2D eigenvalue weighted by molar-refractivity contribution is -0.116. The molecule has 1 amide bonds. The summed E-state index contributed by atoms with van der Waals surface area (Å²) in [6.07, 6.45) is 2.09. The molecule has 130 valence electrons. The fourth-order valence-electron chi connectivity index (χ4n) is 2.56. The van der Waals surface area contributed by atoms with Crippen molar-refractivity contribution in [1.82, 2.24) is 4.98 Å². The smallest absolute Gasteiger partial charge is 0.226 e. The minimum atomic E-state index is -0.0249. The molecular formula is C20H22N2O2S. The number of aromatic nitrogens is 1. The van der Waals surface area contributed by atoms with Gasteiger partial charge in [-0.05, 0) is 49.1 Å². The molecule has 1 aromatic heterocycles. The maximum atomic E-state index is 12.1. The fraction of sp³-hybridized carbons (Fsp3) is 0.300. The molecule has 3 rings (SSSR count). The number of carbonyl (C=O) groups is 1. The molecule has 0 aliphatic heterocycles. The fourth-order valence-corrected chi connectivity index (χ4v) is 3.50. The summed E-state index contributed by atoms with van der Waals surface area (Å²) in [5.74, 6) is 0.851. The summed E-state index contributed by atoms with van der Waals surface area (Å²) in [7, 11) is 0. The topological polar surface area (TPSA) is 51.2 Å². The number of ether oxygens (including phenoxy) is 1. The number of fused-ring (bicyclic) bond motifs is 1. The average molecular weight is 354 g/mol. The number of anilines is 1. The van der Waals surface area contributed by atoms with E-state index >= 15 is 0 Å². The third kappa shape index (κ3) is 4.57. The maximum absolute atomic E-state index is 12.1. The predicted molar refractivity (Wildman–Crippen MR) is 104 cm³/mol. The van der Waals surface area contributed by atoms with Gasteiger partial charge in [0.05, 0.1) is 16.8 Å². The van der Waals surface area contributed by atoms with Crippen molar-refractivity contribution in [1.29, 1.82) is 0 Å². The van der Waals surface area contributed by atoms with E-state index in [9.17, 15) is 4.79 Å². The first-order chi connectivity index (χ1) is 12.2. The van der Waals surface area contributed by atoms with Crippen molar-refractivity contribution in [3.63, 3.8) is 0 Å². The van der Waals surface area contributed by atoms with Crippen molar-refractivity contribution < 1.29 is 9.53 Å². The van der Waals surface area contributed by atoms with Crippen LogP contribution in [0.3, 0.4) is 0 Å². The summed E-state index contributed by atoms with van der Waals surface area (Å²) >= 11 is 1.52. The molecule has 4 nitrogen and oxygen atoms in total. The summed E-state index contributed by atoms with van der Waals surface area (Å²) in [6, 6.07) is 14.1. The first-order valence-electron chi connectivity index (χ1n) is 8.53. The summed E-state index contributed by atoms with van der Waals surface area (Å²) < 4.78 is 6.83. The minimum Gasteiger partial charge on any atom is -0.493 e. The number of benzene rings is 2. The Bertz CT molecular complexity index is 873. The third-order valence-corrected chi connectivity index (χ3v) is 4.94. The molecule has 1 heterocycles. The molecule has 0 saturated heterocycles. The Morgan fingerprint density at radius 2 is 2.08 bits per heavy atom. The lowest BCUT2D eigenvalue weighted by Crippen LogP contribution is -2.12. The van der Waals surface area contributed by atoms with Gasteiger partial charge in [0.2, 0.25) is 5.91 Å². The number of thiazole rings is 1. The molecule has 0 unspecified atom stereocenters. The van der Waals surface area contributed by atoms with Crippen molar-refractivity contribution in [2.75, 3.05) is 11.9 Å². The molecule has 2 aromatic carbocycles. The number of amides is 1. The van der Waals surface area contributed by atoms with Gasteiger partial charge in [-0.15, -0.1) is 0 Å². The van der Waals surface area contributed by atoms with Gasteiger partial charge in [-0.1, -0.05) is 42.5 Å². The van der Waals surface area contributed by atoms with Crippen molar-refractivity contribution in [2.45, 2.75) is 33.1 Å². The molecule has 0 radical (unpaired) electrons. The van der Waals surface area contributed by atoms with E-state index in [1.54, 1.807) is 0 Å². The highest BCUT2D eigenvalue weighted by molar-refractivity contribution is 7.22. The van der Waals surface area contributed by atoms with Gasteiger partial charge in [-0.2, -0.15) is 0 Å². The molecule has 0 fully saturated rings. The second-order valence-corrected chi connectivity index (χ2v) is 6.97. The largest absolute Gasteiger partial charge is 0.493 e. The molecule has 0 spiro atoms. The summed E-state index contributed by atoms with van der Waals surface area (Å²) in [5, 5.41) is 3.55. The number of para-hydroxylation sites is 1. The van der Waals surface area contributed by atoms with E-state index in [-0.39, 0.29) is 5.91 Å². The van der Waals surface area contributed by atoms with Crippen molar-refractivity contribution >= 4 is 32.6 Å². The molecule has 3 aromatic rings. The molecule has 0 saturated carbocycles. The quantitative estimate of drug-likeness (QED) is 0.610. The molecule has 0 aliphatic carbocycles. The Balaban J connectivity index is 1.48. The normalized spacial score (nSPS) is 10.8. The molecule has 25 heavy (non-hydrogen) atoms. The molecule has 0 bridgehead atoms. The molecule has 0 aliphatic rings. The van der Waals surface area contributed by atoms with Crippen molar-refractivity contribution in [3.8, 4) is 5.75 Å². The number of carbonyl (C=O) groups excluding carboxylic acids is 1. The van der Waals surface area contributed by atoms with E-state index in [0.29, 0.717) is 24.6 Å². The highest BCUT2D eigenvalue weighted by atomic mass is 32.1. The molecule has 0 atom stereocenters. The lowest BCUT2D eigenvalue weighted by atomic mass is 10.2. The molecule has 5 heteroatoms. The van der Waals surface area contributed by atoms with E-state index < -0.39 is 0 Å². The van der Waals surface area contributed by atoms with Gasteiger partial charge in [0.25, 0.3) is 0 Å². The summed E-state index contributed by atoms with van der Waals surface area (Å²) in [4.78, 5) is 16.6. The van der Waals surface area contributed by atoms with Gasteiger partial charge in [-0.25, -0.2) is 4.98 Å². The Morgan fingerprint density at radius 1 is 1.24 bits per heavy atom.